The van der Waals surface area contributed by atoms with Gasteiger partial charge >= 0.3 is 6.18 Å². The summed E-state index contributed by atoms with van der Waals surface area (Å²) in [6.45, 7) is 0. The van der Waals surface area contributed by atoms with E-state index in [-0.39, 0.29) is 27.6 Å². The van der Waals surface area contributed by atoms with Crippen LogP contribution in [0.4, 0.5) is 13.2 Å². The van der Waals surface area contributed by atoms with E-state index in [0.717, 1.165) is 6.07 Å². The summed E-state index contributed by atoms with van der Waals surface area (Å²) in [6, 6.07) is 4.45. The molecule has 28 heavy (non-hydrogen) atoms. The molecule has 0 aromatic carbocycles. The van der Waals surface area contributed by atoms with Crippen molar-refractivity contribution in [1.29, 1.82) is 10.0 Å². The smallest absolute Gasteiger partial charge is 0.435 e. The highest BCUT2D eigenvalue weighted by molar-refractivity contribution is 7.73. The van der Waals surface area contributed by atoms with Gasteiger partial charge in [-0.15, -0.1) is 10.2 Å². The molecule has 0 radical (unpaired) electrons. The molecule has 1 aliphatic rings. The van der Waals surface area contributed by atoms with Crippen molar-refractivity contribution < 1.29 is 17.4 Å². The summed E-state index contributed by atoms with van der Waals surface area (Å²) in [7, 11) is -0.690. The maximum atomic E-state index is 12.9. The zero-order valence-corrected chi connectivity index (χ0v) is 15.1. The van der Waals surface area contributed by atoms with Crippen molar-refractivity contribution in [2.24, 2.45) is 7.05 Å². The number of halogens is 3. The molecule has 0 unspecified atom stereocenters. The van der Waals surface area contributed by atoms with Crippen molar-refractivity contribution in [1.82, 2.24) is 24.7 Å². The van der Waals surface area contributed by atoms with Gasteiger partial charge in [-0.3, -0.25) is 4.98 Å². The monoisotopic (exact) mass is 406 g/mol. The molecular formula is C16H11F3N7OS-. The van der Waals surface area contributed by atoms with Gasteiger partial charge in [-0.2, -0.15) is 29.0 Å². The number of rotatable bonds is 3. The third-order valence-electron chi connectivity index (χ3n) is 4.69. The first-order chi connectivity index (χ1) is 13.2. The molecule has 3 heterocycles. The molecule has 0 aliphatic heterocycles. The molecule has 144 valence electrons. The Kier molecular flexibility index (Phi) is 3.90. The molecule has 3 aromatic rings. The lowest BCUT2D eigenvalue weighted by atomic mass is 9.99. The number of aromatic nitrogens is 5. The summed E-state index contributed by atoms with van der Waals surface area (Å²) in [5.74, 6) is 0.104. The van der Waals surface area contributed by atoms with Crippen LogP contribution in [0.3, 0.4) is 0 Å². The van der Waals surface area contributed by atoms with Crippen molar-refractivity contribution in [3.05, 3.63) is 29.6 Å². The average molecular weight is 406 g/mol. The van der Waals surface area contributed by atoms with Crippen LogP contribution in [0.25, 0.3) is 22.7 Å². The Morgan fingerprint density at radius 3 is 2.61 bits per heavy atom. The van der Waals surface area contributed by atoms with E-state index in [1.807, 2.05) is 0 Å². The van der Waals surface area contributed by atoms with Crippen LogP contribution < -0.4 is 0 Å². The Labute approximate surface area is 158 Å². The molecule has 1 N–H and O–H groups in total. The summed E-state index contributed by atoms with van der Waals surface area (Å²) in [5, 5.41) is 16.1. The molecule has 0 saturated heterocycles. The molecule has 1 saturated carbocycles. The number of fused-ring (bicyclic) bond motifs is 1. The number of alkyl halides is 3. The van der Waals surface area contributed by atoms with Crippen LogP contribution in [0, 0.1) is 16.1 Å². The quantitative estimate of drug-likeness (QED) is 0.667. The van der Waals surface area contributed by atoms with Crippen LogP contribution in [0.15, 0.2) is 23.2 Å². The first-order valence-electron chi connectivity index (χ1n) is 7.99. The van der Waals surface area contributed by atoms with Crippen molar-refractivity contribution in [3.63, 3.8) is 0 Å². The fraction of sp³-hybridized carbons (Fsp3) is 0.312. The topological polar surface area (TPSA) is 121 Å². The first kappa shape index (κ1) is 18.3. The molecule has 0 bridgehead atoms. The highest BCUT2D eigenvalue weighted by atomic mass is 32.2. The minimum Gasteiger partial charge on any atom is -0.440 e. The zero-order valence-electron chi connectivity index (χ0n) is 14.3. The van der Waals surface area contributed by atoms with E-state index in [1.165, 1.54) is 23.9 Å². The maximum Gasteiger partial charge on any atom is 0.435 e. The molecule has 1 fully saturated rings. The molecule has 3 aromatic heterocycles. The second-order valence-electron chi connectivity index (χ2n) is 6.46. The van der Waals surface area contributed by atoms with Crippen molar-refractivity contribution >= 4 is 21.8 Å². The lowest BCUT2D eigenvalue weighted by Gasteiger charge is -2.14. The predicted molar refractivity (Wildman–Crippen MR) is 90.1 cm³/mol. The van der Waals surface area contributed by atoms with Gasteiger partial charge in [0.05, 0.1) is 17.2 Å². The lowest BCUT2D eigenvalue weighted by molar-refractivity contribution is -0.141. The van der Waals surface area contributed by atoms with E-state index in [4.69, 9.17) is 4.78 Å². The number of hydrogen-bond donors (Lipinski definition) is 1. The van der Waals surface area contributed by atoms with Gasteiger partial charge in [0.15, 0.2) is 17.2 Å². The molecule has 0 atom stereocenters. The number of imidazole rings is 1. The summed E-state index contributed by atoms with van der Waals surface area (Å²) < 4.78 is 59.6. The van der Waals surface area contributed by atoms with Crippen LogP contribution in [-0.2, 0) is 33.4 Å². The highest BCUT2D eigenvalue weighted by Gasteiger charge is 2.45. The van der Waals surface area contributed by atoms with Gasteiger partial charge in [-0.25, -0.2) is 4.98 Å². The molecule has 8 nitrogen and oxygen atoms in total. The van der Waals surface area contributed by atoms with Gasteiger partial charge in [-0.1, -0.05) is 11.0 Å². The van der Waals surface area contributed by atoms with Crippen LogP contribution in [0.5, 0.6) is 0 Å². The summed E-state index contributed by atoms with van der Waals surface area (Å²) in [5.41, 5.74) is -1.18. The van der Waals surface area contributed by atoms with Crippen LogP contribution in [0.2, 0.25) is 0 Å². The largest absolute Gasteiger partial charge is 0.440 e. The van der Waals surface area contributed by atoms with E-state index in [9.17, 15) is 22.6 Å². The van der Waals surface area contributed by atoms with Gasteiger partial charge in [0, 0.05) is 19.3 Å². The lowest BCUT2D eigenvalue weighted by Crippen LogP contribution is -2.09. The van der Waals surface area contributed by atoms with Gasteiger partial charge in [0.25, 0.3) is 0 Å². The van der Waals surface area contributed by atoms with E-state index in [1.54, 1.807) is 0 Å². The Morgan fingerprint density at radius 2 is 2.04 bits per heavy atom. The van der Waals surface area contributed by atoms with E-state index >= 15 is 0 Å². The molecule has 1 aliphatic carbocycles. The van der Waals surface area contributed by atoms with Crippen molar-refractivity contribution in [2.45, 2.75) is 29.3 Å². The average Bonchev–Trinajstić information content (AvgIpc) is 3.39. The molecule has 0 amide bonds. The Balaban J connectivity index is 1.90. The zero-order chi connectivity index (χ0) is 20.3. The van der Waals surface area contributed by atoms with Crippen molar-refractivity contribution in [2.75, 3.05) is 0 Å². The number of nitrogens with one attached hydrogen (secondary N) is 1. The summed E-state index contributed by atoms with van der Waals surface area (Å²) in [4.78, 5) is 8.41. The standard InChI is InChI=1S/C16H11F3N7OS/c1-26-13-9(5-11(24-25-13)16(17,18)19)23-14(26)12-10(28(21)27)4-8(6-22-12)15(7-20)2-3-15/h4-6,21H,2-3H2,1H3/q-1. The third-order valence-corrected chi connectivity index (χ3v) is 5.40. The Bertz CT molecular complexity index is 1230. The van der Waals surface area contributed by atoms with Crippen LogP contribution in [-0.4, -0.2) is 24.7 Å². The maximum absolute atomic E-state index is 12.9. The SMILES string of the molecule is Cn1c(-c2ncc(C3(C#N)CC3)cc2[S-](=N)=O)nc2cc(C(F)(F)F)nnc21. The molecule has 4 rings (SSSR count). The van der Waals surface area contributed by atoms with E-state index in [2.05, 4.69) is 26.2 Å². The summed E-state index contributed by atoms with van der Waals surface area (Å²) in [6.07, 6.45) is -1.91. The second-order valence-corrected chi connectivity index (χ2v) is 7.44. The van der Waals surface area contributed by atoms with E-state index in [0.29, 0.717) is 18.4 Å². The molecule has 12 heteroatoms. The minimum atomic E-state index is -4.66. The Hall–Kier alpha value is -3.07. The second kappa shape index (κ2) is 5.96. The highest BCUT2D eigenvalue weighted by Crippen LogP contribution is 2.48. The number of nitrogens with zero attached hydrogens (tertiary/aromatic N) is 6. The minimum absolute atomic E-state index is 0.0291. The van der Waals surface area contributed by atoms with Crippen LogP contribution in [0.1, 0.15) is 24.1 Å². The fourth-order valence-corrected chi connectivity index (χ4v) is 3.50. The normalized spacial score (nSPS) is 15.7. The van der Waals surface area contributed by atoms with Gasteiger partial charge in [0.2, 0.25) is 0 Å². The predicted octanol–water partition coefficient (Wildman–Crippen LogP) is 3.08. The Morgan fingerprint density at radius 1 is 1.32 bits per heavy atom. The first-order valence-corrected chi connectivity index (χ1v) is 9.14. The number of pyridine rings is 1. The molecular weight excluding hydrogens is 395 g/mol. The number of aryl methyl sites for hydroxylation is 1. The number of nitriles is 1. The van der Waals surface area contributed by atoms with Gasteiger partial charge < -0.3 is 13.6 Å². The molecule has 0 spiro atoms. The number of hydrogen-bond acceptors (Lipinski definition) is 8. The van der Waals surface area contributed by atoms with Gasteiger partial charge in [0.1, 0.15) is 5.52 Å². The van der Waals surface area contributed by atoms with Crippen molar-refractivity contribution in [3.8, 4) is 17.6 Å². The third kappa shape index (κ3) is 2.78. The summed E-state index contributed by atoms with van der Waals surface area (Å²) >= 11 is 0. The van der Waals surface area contributed by atoms with Gasteiger partial charge in [-0.05, 0) is 18.4 Å². The fourth-order valence-electron chi connectivity index (χ4n) is 2.94. The van der Waals surface area contributed by atoms with E-state index < -0.39 is 27.9 Å². The van der Waals surface area contributed by atoms with Crippen LogP contribution >= 0.6 is 0 Å².